The van der Waals surface area contributed by atoms with Crippen molar-refractivity contribution in [3.63, 3.8) is 0 Å². The number of benzene rings is 2. The fourth-order valence-corrected chi connectivity index (χ4v) is 5.91. The number of carbonyl (C=O) groups excluding carboxylic acids is 1. The molecule has 1 aliphatic heterocycles. The first-order valence-corrected chi connectivity index (χ1v) is 12.3. The van der Waals surface area contributed by atoms with Gasteiger partial charge in [0.05, 0.1) is 10.9 Å². The minimum atomic E-state index is -3.58. The van der Waals surface area contributed by atoms with Crippen LogP contribution < -0.4 is 5.32 Å². The van der Waals surface area contributed by atoms with E-state index in [-0.39, 0.29) is 16.8 Å². The molecule has 0 spiro atoms. The standard InChI is InChI=1S/C24H30N2O3S/c1-17-11-13-26(14-12-17)30(28,29)23-8-4-7-22(16-23)24(27)25-18(2)20-10-9-19-5-3-6-21(19)15-20/h4,7-10,15-18H,3,5-6,11-14H2,1-2H3,(H,25,27)/t18-/m0/s1. The number of aryl methyl sites for hydroxylation is 2. The first kappa shape index (κ1) is 21.1. The third-order valence-electron chi connectivity index (χ3n) is 6.45. The van der Waals surface area contributed by atoms with E-state index in [2.05, 4.69) is 30.4 Å². The maximum absolute atomic E-state index is 13.0. The molecule has 0 unspecified atom stereocenters. The lowest BCUT2D eigenvalue weighted by molar-refractivity contribution is 0.0939. The molecule has 0 bridgehead atoms. The van der Waals surface area contributed by atoms with Crippen LogP contribution in [0.3, 0.4) is 0 Å². The average molecular weight is 427 g/mol. The third kappa shape index (κ3) is 4.30. The van der Waals surface area contributed by atoms with E-state index in [1.165, 1.54) is 27.9 Å². The Bertz CT molecular complexity index is 1040. The van der Waals surface area contributed by atoms with Crippen LogP contribution in [0.2, 0.25) is 0 Å². The largest absolute Gasteiger partial charge is 0.346 e. The van der Waals surface area contributed by atoms with Gasteiger partial charge < -0.3 is 5.32 Å². The summed E-state index contributed by atoms with van der Waals surface area (Å²) in [7, 11) is -3.58. The molecule has 2 aromatic carbocycles. The van der Waals surface area contributed by atoms with E-state index >= 15 is 0 Å². The Morgan fingerprint density at radius 2 is 1.80 bits per heavy atom. The molecule has 0 saturated carbocycles. The van der Waals surface area contributed by atoms with Crippen LogP contribution in [-0.4, -0.2) is 31.7 Å². The van der Waals surface area contributed by atoms with Gasteiger partial charge in [-0.25, -0.2) is 8.42 Å². The Morgan fingerprint density at radius 3 is 2.57 bits per heavy atom. The second-order valence-corrected chi connectivity index (χ2v) is 10.6. The molecule has 160 valence electrons. The summed E-state index contributed by atoms with van der Waals surface area (Å²) in [5.41, 5.74) is 4.23. The van der Waals surface area contributed by atoms with Crippen LogP contribution in [0, 0.1) is 5.92 Å². The summed E-state index contributed by atoms with van der Waals surface area (Å²) in [6.07, 6.45) is 5.17. The zero-order chi connectivity index (χ0) is 21.3. The average Bonchev–Trinajstić information content (AvgIpc) is 3.22. The van der Waals surface area contributed by atoms with Crippen LogP contribution >= 0.6 is 0 Å². The van der Waals surface area contributed by atoms with Gasteiger partial charge in [0, 0.05) is 18.7 Å². The summed E-state index contributed by atoms with van der Waals surface area (Å²) >= 11 is 0. The predicted octanol–water partition coefficient (Wildman–Crippen LogP) is 4.09. The number of hydrogen-bond donors (Lipinski definition) is 1. The van der Waals surface area contributed by atoms with Crippen LogP contribution in [0.15, 0.2) is 47.4 Å². The minimum Gasteiger partial charge on any atom is -0.346 e. The van der Waals surface area contributed by atoms with Crippen molar-refractivity contribution in [2.24, 2.45) is 5.92 Å². The van der Waals surface area contributed by atoms with Crippen LogP contribution in [0.25, 0.3) is 0 Å². The zero-order valence-electron chi connectivity index (χ0n) is 17.7. The number of piperidine rings is 1. The highest BCUT2D eigenvalue weighted by Crippen LogP contribution is 2.26. The molecule has 0 radical (unpaired) electrons. The fourth-order valence-electron chi connectivity index (χ4n) is 4.40. The molecule has 6 heteroatoms. The van der Waals surface area contributed by atoms with Gasteiger partial charge in [-0.1, -0.05) is 31.2 Å². The summed E-state index contributed by atoms with van der Waals surface area (Å²) in [5, 5.41) is 3.02. The maximum Gasteiger partial charge on any atom is 0.251 e. The minimum absolute atomic E-state index is 0.146. The van der Waals surface area contributed by atoms with Crippen LogP contribution in [-0.2, 0) is 22.9 Å². The quantitative estimate of drug-likeness (QED) is 0.783. The van der Waals surface area contributed by atoms with Gasteiger partial charge in [-0.15, -0.1) is 0 Å². The maximum atomic E-state index is 13.0. The SMILES string of the molecule is CC1CCN(S(=O)(=O)c2cccc(C(=O)N[C@@H](C)c3ccc4c(c3)CCC4)c2)CC1. The Morgan fingerprint density at radius 1 is 1.07 bits per heavy atom. The Hall–Kier alpha value is -2.18. The van der Waals surface area contributed by atoms with E-state index in [1.54, 1.807) is 18.2 Å². The molecule has 30 heavy (non-hydrogen) atoms. The Labute approximate surface area is 179 Å². The molecule has 1 heterocycles. The van der Waals surface area contributed by atoms with Crippen molar-refractivity contribution in [1.82, 2.24) is 9.62 Å². The van der Waals surface area contributed by atoms with Gasteiger partial charge in [0.2, 0.25) is 10.0 Å². The lowest BCUT2D eigenvalue weighted by Gasteiger charge is -2.29. The molecule has 1 N–H and O–H groups in total. The second-order valence-electron chi connectivity index (χ2n) is 8.69. The smallest absolute Gasteiger partial charge is 0.251 e. The molecule has 1 fully saturated rings. The van der Waals surface area contributed by atoms with E-state index in [0.717, 1.165) is 31.2 Å². The highest BCUT2D eigenvalue weighted by Gasteiger charge is 2.28. The van der Waals surface area contributed by atoms with E-state index in [4.69, 9.17) is 0 Å². The monoisotopic (exact) mass is 426 g/mol. The summed E-state index contributed by atoms with van der Waals surface area (Å²) in [6, 6.07) is 12.7. The van der Waals surface area contributed by atoms with Gasteiger partial charge in [-0.3, -0.25) is 4.79 Å². The van der Waals surface area contributed by atoms with Gasteiger partial charge in [0.25, 0.3) is 5.91 Å². The molecule has 1 atom stereocenters. The fraction of sp³-hybridized carbons (Fsp3) is 0.458. The van der Waals surface area contributed by atoms with Crippen molar-refractivity contribution in [1.29, 1.82) is 0 Å². The van der Waals surface area contributed by atoms with E-state index < -0.39 is 10.0 Å². The molecule has 2 aromatic rings. The Balaban J connectivity index is 1.48. The predicted molar refractivity (Wildman–Crippen MR) is 118 cm³/mol. The van der Waals surface area contributed by atoms with Crippen molar-refractivity contribution in [2.75, 3.05) is 13.1 Å². The van der Waals surface area contributed by atoms with Crippen LogP contribution in [0.5, 0.6) is 0 Å². The van der Waals surface area contributed by atoms with Crippen molar-refractivity contribution >= 4 is 15.9 Å². The van der Waals surface area contributed by atoms with Crippen molar-refractivity contribution in [3.05, 3.63) is 64.7 Å². The first-order valence-electron chi connectivity index (χ1n) is 10.9. The van der Waals surface area contributed by atoms with Crippen molar-refractivity contribution in [2.45, 2.75) is 56.9 Å². The topological polar surface area (TPSA) is 66.5 Å². The molecule has 1 amide bonds. The number of carbonyl (C=O) groups is 1. The van der Waals surface area contributed by atoms with Crippen molar-refractivity contribution < 1.29 is 13.2 Å². The molecule has 4 rings (SSSR count). The highest BCUT2D eigenvalue weighted by atomic mass is 32.2. The lowest BCUT2D eigenvalue weighted by atomic mass is 10.0. The highest BCUT2D eigenvalue weighted by molar-refractivity contribution is 7.89. The van der Waals surface area contributed by atoms with Gasteiger partial charge in [-0.2, -0.15) is 4.31 Å². The summed E-state index contributed by atoms with van der Waals surface area (Å²) in [4.78, 5) is 13.0. The normalized spacial score (nSPS) is 18.7. The van der Waals surface area contributed by atoms with E-state index in [9.17, 15) is 13.2 Å². The van der Waals surface area contributed by atoms with Crippen molar-refractivity contribution in [3.8, 4) is 0 Å². The molecule has 2 aliphatic rings. The lowest BCUT2D eigenvalue weighted by Crippen LogP contribution is -2.38. The van der Waals surface area contributed by atoms with Crippen LogP contribution in [0.1, 0.15) is 66.2 Å². The van der Waals surface area contributed by atoms with Gasteiger partial charge in [0.15, 0.2) is 0 Å². The molecule has 1 aliphatic carbocycles. The number of nitrogens with one attached hydrogen (secondary N) is 1. The number of nitrogens with zero attached hydrogens (tertiary/aromatic N) is 1. The molecule has 5 nitrogen and oxygen atoms in total. The first-order chi connectivity index (χ1) is 14.3. The van der Waals surface area contributed by atoms with E-state index in [1.807, 2.05) is 6.92 Å². The number of fused-ring (bicyclic) bond motifs is 1. The number of sulfonamides is 1. The Kier molecular flexibility index (Phi) is 5.98. The molecule has 1 saturated heterocycles. The summed E-state index contributed by atoms with van der Waals surface area (Å²) in [6.45, 7) is 5.19. The summed E-state index contributed by atoms with van der Waals surface area (Å²) in [5.74, 6) is 0.293. The third-order valence-corrected chi connectivity index (χ3v) is 8.34. The molecule has 0 aromatic heterocycles. The summed E-state index contributed by atoms with van der Waals surface area (Å²) < 4.78 is 27.6. The van der Waals surface area contributed by atoms with Crippen LogP contribution in [0.4, 0.5) is 0 Å². The second kappa shape index (κ2) is 8.52. The zero-order valence-corrected chi connectivity index (χ0v) is 18.5. The van der Waals surface area contributed by atoms with Gasteiger partial charge in [0.1, 0.15) is 0 Å². The van der Waals surface area contributed by atoms with Gasteiger partial charge in [-0.05, 0) is 79.8 Å². The number of hydrogen-bond acceptors (Lipinski definition) is 3. The van der Waals surface area contributed by atoms with E-state index in [0.29, 0.717) is 24.6 Å². The van der Waals surface area contributed by atoms with Gasteiger partial charge >= 0.3 is 0 Å². The molecular weight excluding hydrogens is 396 g/mol. The number of amides is 1. The molecular formula is C24H30N2O3S. The number of rotatable bonds is 5.